The van der Waals surface area contributed by atoms with E-state index in [1.54, 1.807) is 18.2 Å². The van der Waals surface area contributed by atoms with E-state index in [9.17, 15) is 4.79 Å². The number of aryl methyl sites for hydroxylation is 2. The first kappa shape index (κ1) is 17.8. The minimum atomic E-state index is -0.0238. The van der Waals surface area contributed by atoms with Gasteiger partial charge in [-0.25, -0.2) is 0 Å². The van der Waals surface area contributed by atoms with Crippen LogP contribution < -0.4 is 5.30 Å². The number of benzene rings is 2. The van der Waals surface area contributed by atoms with Gasteiger partial charge in [0.15, 0.2) is 5.52 Å². The SMILES string of the molecule is Cc1ccc(C)c(PC(=O)c2c(Cl)cccc2Cl)c1.[LiH]. The van der Waals surface area contributed by atoms with Gasteiger partial charge in [0.05, 0.1) is 15.6 Å². The van der Waals surface area contributed by atoms with Gasteiger partial charge >= 0.3 is 18.9 Å². The van der Waals surface area contributed by atoms with Crippen molar-refractivity contribution in [1.82, 2.24) is 0 Å². The summed E-state index contributed by atoms with van der Waals surface area (Å²) in [6, 6.07) is 11.2. The molecule has 0 aromatic heterocycles. The summed E-state index contributed by atoms with van der Waals surface area (Å²) in [4.78, 5) is 12.4. The molecule has 2 rings (SSSR count). The Morgan fingerprint density at radius 1 is 1.05 bits per heavy atom. The summed E-state index contributed by atoms with van der Waals surface area (Å²) in [6.07, 6.45) is 0. The number of carbonyl (C=O) groups excluding carboxylic acids is 1. The molecule has 2 aromatic rings. The molecule has 0 fully saturated rings. The standard InChI is InChI=1S/C15H13Cl2OP.Li.H/c1-9-6-7-10(2)13(8-9)19-15(18)14-11(16)4-3-5-12(14)17;;/h3-8,19H,1-2H3;;. The molecule has 0 N–H and O–H groups in total. The van der Waals surface area contributed by atoms with Crippen molar-refractivity contribution in [2.24, 2.45) is 0 Å². The third-order valence-corrected chi connectivity index (χ3v) is 4.75. The molecule has 0 saturated carbocycles. The molecule has 0 aliphatic rings. The summed E-state index contributed by atoms with van der Waals surface area (Å²) >= 11 is 12.1. The molecule has 100 valence electrons. The Morgan fingerprint density at radius 3 is 2.25 bits per heavy atom. The predicted molar refractivity (Wildman–Crippen MR) is 91.8 cm³/mol. The van der Waals surface area contributed by atoms with Crippen molar-refractivity contribution in [3.8, 4) is 0 Å². The Hall–Kier alpha value is -0.283. The topological polar surface area (TPSA) is 17.1 Å². The van der Waals surface area contributed by atoms with Crippen LogP contribution in [0.3, 0.4) is 0 Å². The van der Waals surface area contributed by atoms with E-state index in [2.05, 4.69) is 0 Å². The fourth-order valence-electron chi connectivity index (χ4n) is 1.77. The van der Waals surface area contributed by atoms with Crippen molar-refractivity contribution in [3.63, 3.8) is 0 Å². The fraction of sp³-hybridized carbons (Fsp3) is 0.133. The summed E-state index contributed by atoms with van der Waals surface area (Å²) in [5.41, 5.74) is 2.65. The van der Waals surface area contributed by atoms with Crippen molar-refractivity contribution in [1.29, 1.82) is 0 Å². The predicted octanol–water partition coefficient (Wildman–Crippen LogP) is 4.11. The quantitative estimate of drug-likeness (QED) is 0.615. The first-order valence-electron chi connectivity index (χ1n) is 5.81. The third kappa shape index (κ3) is 4.11. The van der Waals surface area contributed by atoms with Gasteiger partial charge in [-0.2, -0.15) is 0 Å². The fourth-order valence-corrected chi connectivity index (χ4v) is 3.72. The van der Waals surface area contributed by atoms with Crippen LogP contribution in [0.1, 0.15) is 21.5 Å². The Labute approximate surface area is 143 Å². The second kappa shape index (κ2) is 7.65. The molecular weight excluding hydrogens is 305 g/mol. The van der Waals surface area contributed by atoms with E-state index >= 15 is 0 Å². The van der Waals surface area contributed by atoms with E-state index in [0.29, 0.717) is 15.6 Å². The molecule has 0 aliphatic heterocycles. The van der Waals surface area contributed by atoms with Gasteiger partial charge in [-0.05, 0) is 45.4 Å². The molecule has 20 heavy (non-hydrogen) atoms. The van der Waals surface area contributed by atoms with E-state index in [1.165, 1.54) is 0 Å². The van der Waals surface area contributed by atoms with Crippen LogP contribution in [0.2, 0.25) is 10.0 Å². The first-order valence-corrected chi connectivity index (χ1v) is 7.57. The summed E-state index contributed by atoms with van der Waals surface area (Å²) < 4.78 is 0. The molecule has 0 aliphatic carbocycles. The summed E-state index contributed by atoms with van der Waals surface area (Å²) in [5, 5.41) is 1.87. The first-order chi connectivity index (χ1) is 8.99. The average Bonchev–Trinajstić information content (AvgIpc) is 2.33. The second-order valence-electron chi connectivity index (χ2n) is 4.37. The molecule has 0 radical (unpaired) electrons. The van der Waals surface area contributed by atoms with Gasteiger partial charge in [0.1, 0.15) is 0 Å². The molecule has 0 bridgehead atoms. The van der Waals surface area contributed by atoms with Crippen molar-refractivity contribution in [3.05, 3.63) is 63.1 Å². The van der Waals surface area contributed by atoms with E-state index in [1.807, 2.05) is 32.0 Å². The molecule has 1 nitrogen and oxygen atoms in total. The Bertz CT molecular complexity index is 624. The normalized spacial score (nSPS) is 10.6. The molecule has 1 unspecified atom stereocenters. The van der Waals surface area contributed by atoms with E-state index in [0.717, 1.165) is 16.4 Å². The van der Waals surface area contributed by atoms with Crippen molar-refractivity contribution < 1.29 is 4.79 Å². The molecule has 0 saturated heterocycles. The van der Waals surface area contributed by atoms with Gasteiger partial charge in [-0.1, -0.05) is 53.0 Å². The van der Waals surface area contributed by atoms with Crippen LogP contribution in [0.25, 0.3) is 0 Å². The summed E-state index contributed by atoms with van der Waals surface area (Å²) in [6.45, 7) is 4.02. The zero-order valence-electron chi connectivity index (χ0n) is 10.6. The molecule has 0 spiro atoms. The zero-order valence-corrected chi connectivity index (χ0v) is 13.1. The Morgan fingerprint density at radius 2 is 1.65 bits per heavy atom. The summed E-state index contributed by atoms with van der Waals surface area (Å²) in [5.74, 6) is 0. The van der Waals surface area contributed by atoms with Crippen LogP contribution in [0.5, 0.6) is 0 Å². The Balaban J connectivity index is 0.00000200. The van der Waals surface area contributed by atoms with E-state index in [-0.39, 0.29) is 33.0 Å². The van der Waals surface area contributed by atoms with Gasteiger partial charge in [0, 0.05) is 0 Å². The molecule has 5 heteroatoms. The van der Waals surface area contributed by atoms with E-state index < -0.39 is 0 Å². The molecule has 1 atom stereocenters. The van der Waals surface area contributed by atoms with Crippen molar-refractivity contribution in [2.75, 3.05) is 0 Å². The second-order valence-corrected chi connectivity index (χ2v) is 6.43. The summed E-state index contributed by atoms with van der Waals surface area (Å²) in [7, 11) is 0.0359. The molecular formula is C15H14Cl2LiOP. The number of hydrogen-bond acceptors (Lipinski definition) is 1. The number of halogens is 2. The van der Waals surface area contributed by atoms with Crippen LogP contribution >= 0.6 is 31.8 Å². The third-order valence-electron chi connectivity index (χ3n) is 2.83. The van der Waals surface area contributed by atoms with Crippen molar-refractivity contribution >= 4 is 61.5 Å². The molecule has 2 aromatic carbocycles. The van der Waals surface area contributed by atoms with Crippen LogP contribution in [-0.4, -0.2) is 24.4 Å². The van der Waals surface area contributed by atoms with Gasteiger partial charge < -0.3 is 0 Å². The number of carbonyl (C=O) groups is 1. The average molecular weight is 319 g/mol. The minimum absolute atomic E-state index is 0. The van der Waals surface area contributed by atoms with E-state index in [4.69, 9.17) is 23.2 Å². The van der Waals surface area contributed by atoms with Crippen LogP contribution in [0.15, 0.2) is 36.4 Å². The Kier molecular flexibility index (Phi) is 6.79. The van der Waals surface area contributed by atoms with Crippen LogP contribution in [0.4, 0.5) is 0 Å². The number of hydrogen-bond donors (Lipinski definition) is 0. The van der Waals surface area contributed by atoms with Crippen molar-refractivity contribution in [2.45, 2.75) is 13.8 Å². The zero-order chi connectivity index (χ0) is 14.0. The van der Waals surface area contributed by atoms with Crippen LogP contribution in [0, 0.1) is 13.8 Å². The van der Waals surface area contributed by atoms with Gasteiger partial charge in [0.2, 0.25) is 0 Å². The maximum atomic E-state index is 12.4. The van der Waals surface area contributed by atoms with Gasteiger partial charge in [-0.15, -0.1) is 0 Å². The monoisotopic (exact) mass is 318 g/mol. The molecule has 0 heterocycles. The maximum absolute atomic E-state index is 12.4. The van der Waals surface area contributed by atoms with Gasteiger partial charge in [0.25, 0.3) is 0 Å². The number of rotatable bonds is 3. The van der Waals surface area contributed by atoms with Crippen LogP contribution in [-0.2, 0) is 0 Å². The molecule has 0 amide bonds. The van der Waals surface area contributed by atoms with Gasteiger partial charge in [-0.3, -0.25) is 4.79 Å².